The molecule has 0 fully saturated rings. The third-order valence-electron chi connectivity index (χ3n) is 2.51. The van der Waals surface area contributed by atoms with Gasteiger partial charge in [-0.05, 0) is 31.0 Å². The molecule has 0 saturated heterocycles. The summed E-state index contributed by atoms with van der Waals surface area (Å²) in [5.74, 6) is 0.177. The SMILES string of the molecule is Nc1cc(NC2=CC(=O)CCC2)ccc1Cl. The largest absolute Gasteiger partial charge is 0.397 e. The molecule has 2 rings (SSSR count). The van der Waals surface area contributed by atoms with Gasteiger partial charge in [0.1, 0.15) is 0 Å². The number of nitrogen functional groups attached to an aromatic ring is 1. The van der Waals surface area contributed by atoms with Crippen LogP contribution < -0.4 is 11.1 Å². The number of nitrogens with two attached hydrogens (primary N) is 1. The number of allylic oxidation sites excluding steroid dienone is 2. The Bertz CT molecular complexity index is 454. The van der Waals surface area contributed by atoms with Crippen LogP contribution in [0.1, 0.15) is 19.3 Å². The molecule has 16 heavy (non-hydrogen) atoms. The molecule has 0 atom stereocenters. The van der Waals surface area contributed by atoms with E-state index in [2.05, 4.69) is 5.32 Å². The van der Waals surface area contributed by atoms with E-state index >= 15 is 0 Å². The number of ketones is 1. The topological polar surface area (TPSA) is 55.1 Å². The number of carbonyl (C=O) groups is 1. The summed E-state index contributed by atoms with van der Waals surface area (Å²) < 4.78 is 0. The van der Waals surface area contributed by atoms with Crippen molar-refractivity contribution in [3.8, 4) is 0 Å². The molecule has 1 aromatic rings. The monoisotopic (exact) mass is 236 g/mol. The average molecular weight is 237 g/mol. The molecule has 1 aliphatic carbocycles. The van der Waals surface area contributed by atoms with E-state index in [0.717, 1.165) is 24.2 Å². The lowest BCUT2D eigenvalue weighted by atomic mass is 10.0. The number of hydrogen-bond donors (Lipinski definition) is 2. The van der Waals surface area contributed by atoms with Gasteiger partial charge in [0.15, 0.2) is 5.78 Å². The Hall–Kier alpha value is -1.48. The van der Waals surface area contributed by atoms with Crippen molar-refractivity contribution < 1.29 is 4.79 Å². The van der Waals surface area contributed by atoms with Crippen molar-refractivity contribution in [1.29, 1.82) is 0 Å². The van der Waals surface area contributed by atoms with Crippen molar-refractivity contribution >= 4 is 28.8 Å². The molecule has 3 N–H and O–H groups in total. The molecule has 3 nitrogen and oxygen atoms in total. The molecule has 0 aliphatic heterocycles. The third kappa shape index (κ3) is 2.55. The number of anilines is 2. The molecule has 0 spiro atoms. The molecule has 0 bridgehead atoms. The summed E-state index contributed by atoms with van der Waals surface area (Å²) in [6, 6.07) is 5.35. The standard InChI is InChI=1S/C12H13ClN2O/c13-11-5-4-9(7-12(11)14)15-8-2-1-3-10(16)6-8/h4-7,15H,1-3,14H2. The maximum Gasteiger partial charge on any atom is 0.157 e. The molecule has 0 radical (unpaired) electrons. The van der Waals surface area contributed by atoms with Gasteiger partial charge in [-0.15, -0.1) is 0 Å². The second kappa shape index (κ2) is 4.58. The van der Waals surface area contributed by atoms with Gasteiger partial charge in [0.2, 0.25) is 0 Å². The summed E-state index contributed by atoms with van der Waals surface area (Å²) in [4.78, 5) is 11.2. The van der Waals surface area contributed by atoms with Crippen LogP contribution in [0.5, 0.6) is 0 Å². The van der Waals surface area contributed by atoms with E-state index in [1.165, 1.54) is 0 Å². The lowest BCUT2D eigenvalue weighted by Gasteiger charge is -2.14. The van der Waals surface area contributed by atoms with Gasteiger partial charge in [-0.3, -0.25) is 4.79 Å². The van der Waals surface area contributed by atoms with Crippen LogP contribution in [-0.2, 0) is 4.79 Å². The molecule has 1 aromatic carbocycles. The summed E-state index contributed by atoms with van der Waals surface area (Å²) in [7, 11) is 0. The summed E-state index contributed by atoms with van der Waals surface area (Å²) in [5.41, 5.74) is 8.04. The van der Waals surface area contributed by atoms with Gasteiger partial charge in [-0.1, -0.05) is 11.6 Å². The summed E-state index contributed by atoms with van der Waals surface area (Å²) in [5, 5.41) is 3.72. The molecule has 0 aromatic heterocycles. The number of halogens is 1. The molecule has 1 aliphatic rings. The Labute approximate surface area is 99.3 Å². The van der Waals surface area contributed by atoms with E-state index in [0.29, 0.717) is 17.1 Å². The van der Waals surface area contributed by atoms with E-state index < -0.39 is 0 Å². The fourth-order valence-electron chi connectivity index (χ4n) is 1.70. The highest BCUT2D eigenvalue weighted by molar-refractivity contribution is 6.33. The lowest BCUT2D eigenvalue weighted by Crippen LogP contribution is -2.09. The number of hydrogen-bond acceptors (Lipinski definition) is 3. The lowest BCUT2D eigenvalue weighted by molar-refractivity contribution is -0.115. The maximum atomic E-state index is 11.2. The molecule has 0 amide bonds. The minimum atomic E-state index is 0.177. The molecule has 84 valence electrons. The summed E-state index contributed by atoms with van der Waals surface area (Å²) in [6.07, 6.45) is 4.11. The van der Waals surface area contributed by atoms with Gasteiger partial charge in [0, 0.05) is 23.9 Å². The van der Waals surface area contributed by atoms with Crippen LogP contribution in [0.3, 0.4) is 0 Å². The smallest absolute Gasteiger partial charge is 0.157 e. The Morgan fingerprint density at radius 3 is 2.81 bits per heavy atom. The van der Waals surface area contributed by atoms with Gasteiger partial charge in [-0.25, -0.2) is 0 Å². The first-order valence-electron chi connectivity index (χ1n) is 5.20. The fourth-order valence-corrected chi connectivity index (χ4v) is 1.81. The van der Waals surface area contributed by atoms with E-state index in [1.807, 2.05) is 6.07 Å². The highest BCUT2D eigenvalue weighted by Crippen LogP contribution is 2.25. The van der Waals surface area contributed by atoms with Gasteiger partial charge >= 0.3 is 0 Å². The van der Waals surface area contributed by atoms with Crippen molar-refractivity contribution in [2.24, 2.45) is 0 Å². The van der Waals surface area contributed by atoms with Crippen molar-refractivity contribution in [2.45, 2.75) is 19.3 Å². The average Bonchev–Trinajstić information content (AvgIpc) is 2.24. The minimum Gasteiger partial charge on any atom is -0.397 e. The van der Waals surface area contributed by atoms with E-state index in [1.54, 1.807) is 18.2 Å². The molecule has 4 heteroatoms. The van der Waals surface area contributed by atoms with Crippen LogP contribution in [0.15, 0.2) is 30.0 Å². The quantitative estimate of drug-likeness (QED) is 0.777. The molecular weight excluding hydrogens is 224 g/mol. The van der Waals surface area contributed by atoms with Crippen LogP contribution in [0.4, 0.5) is 11.4 Å². The third-order valence-corrected chi connectivity index (χ3v) is 2.85. The van der Waals surface area contributed by atoms with E-state index in [9.17, 15) is 4.79 Å². The zero-order chi connectivity index (χ0) is 11.5. The maximum absolute atomic E-state index is 11.2. The first-order valence-corrected chi connectivity index (χ1v) is 5.58. The zero-order valence-electron chi connectivity index (χ0n) is 8.79. The van der Waals surface area contributed by atoms with Crippen LogP contribution in [0.25, 0.3) is 0 Å². The summed E-state index contributed by atoms with van der Waals surface area (Å²) in [6.45, 7) is 0. The minimum absolute atomic E-state index is 0.177. The number of nitrogens with one attached hydrogen (secondary N) is 1. The van der Waals surface area contributed by atoms with E-state index in [4.69, 9.17) is 17.3 Å². The molecular formula is C12H13ClN2O. The predicted molar refractivity (Wildman–Crippen MR) is 66.4 cm³/mol. The van der Waals surface area contributed by atoms with Crippen molar-refractivity contribution in [3.63, 3.8) is 0 Å². The highest BCUT2D eigenvalue weighted by Gasteiger charge is 2.10. The first kappa shape index (κ1) is 11.0. The van der Waals surface area contributed by atoms with E-state index in [-0.39, 0.29) is 5.78 Å². The number of rotatable bonds is 2. The number of benzene rings is 1. The fraction of sp³-hybridized carbons (Fsp3) is 0.250. The van der Waals surface area contributed by atoms with Crippen molar-refractivity contribution in [1.82, 2.24) is 0 Å². The molecule has 0 heterocycles. The second-order valence-corrected chi connectivity index (χ2v) is 4.26. The van der Waals surface area contributed by atoms with Gasteiger partial charge < -0.3 is 11.1 Å². The second-order valence-electron chi connectivity index (χ2n) is 3.85. The molecule has 0 saturated carbocycles. The Balaban J connectivity index is 2.14. The summed E-state index contributed by atoms with van der Waals surface area (Å²) >= 11 is 5.83. The van der Waals surface area contributed by atoms with Crippen LogP contribution in [0.2, 0.25) is 5.02 Å². The van der Waals surface area contributed by atoms with Gasteiger partial charge in [0.25, 0.3) is 0 Å². The van der Waals surface area contributed by atoms with Crippen LogP contribution in [-0.4, -0.2) is 5.78 Å². The zero-order valence-corrected chi connectivity index (χ0v) is 9.55. The normalized spacial score (nSPS) is 15.8. The first-order chi connectivity index (χ1) is 7.65. The van der Waals surface area contributed by atoms with Gasteiger partial charge in [0.05, 0.1) is 10.7 Å². The highest BCUT2D eigenvalue weighted by atomic mass is 35.5. The Morgan fingerprint density at radius 2 is 2.12 bits per heavy atom. The predicted octanol–water partition coefficient (Wildman–Crippen LogP) is 2.97. The van der Waals surface area contributed by atoms with Crippen molar-refractivity contribution in [2.75, 3.05) is 11.1 Å². The van der Waals surface area contributed by atoms with Gasteiger partial charge in [-0.2, -0.15) is 0 Å². The Kier molecular flexibility index (Phi) is 3.15. The Morgan fingerprint density at radius 1 is 1.31 bits per heavy atom. The van der Waals surface area contributed by atoms with Crippen LogP contribution >= 0.6 is 11.6 Å². The van der Waals surface area contributed by atoms with Crippen molar-refractivity contribution in [3.05, 3.63) is 35.0 Å². The van der Waals surface area contributed by atoms with Crippen LogP contribution in [0, 0.1) is 0 Å². The molecule has 0 unspecified atom stereocenters. The number of carbonyl (C=O) groups excluding carboxylic acids is 1.